The van der Waals surface area contributed by atoms with Gasteiger partial charge in [-0.25, -0.2) is 17.9 Å². The van der Waals surface area contributed by atoms with E-state index in [4.69, 9.17) is 16.3 Å². The van der Waals surface area contributed by atoms with Crippen LogP contribution in [0.1, 0.15) is 23.7 Å². The Hall–Kier alpha value is -2.04. The van der Waals surface area contributed by atoms with Gasteiger partial charge >= 0.3 is 5.97 Å². The van der Waals surface area contributed by atoms with Crippen molar-refractivity contribution in [2.24, 2.45) is 0 Å². The fourth-order valence-corrected chi connectivity index (χ4v) is 3.00. The predicted molar refractivity (Wildman–Crippen MR) is 73.2 cm³/mol. The molecular weight excluding hydrogens is 282 g/mol. The summed E-state index contributed by atoms with van der Waals surface area (Å²) in [6.45, 7) is 1.62. The van der Waals surface area contributed by atoms with Gasteiger partial charge < -0.3 is 9.84 Å². The monoisotopic (exact) mass is 297 g/mol. The van der Waals surface area contributed by atoms with E-state index in [1.807, 2.05) is 0 Å². The van der Waals surface area contributed by atoms with Gasteiger partial charge in [0.1, 0.15) is 10.6 Å². The van der Waals surface area contributed by atoms with Gasteiger partial charge in [-0.3, -0.25) is 0 Å². The zero-order valence-corrected chi connectivity index (χ0v) is 11.9. The summed E-state index contributed by atoms with van der Waals surface area (Å²) in [5, 5.41) is 8.92. The molecule has 1 rings (SSSR count). The van der Waals surface area contributed by atoms with Gasteiger partial charge in [-0.2, -0.15) is 0 Å². The largest absolute Gasteiger partial charge is 0.495 e. The highest BCUT2D eigenvalue weighted by Gasteiger charge is 2.23. The molecule has 0 fully saturated rings. The van der Waals surface area contributed by atoms with E-state index in [0.717, 1.165) is 6.07 Å². The van der Waals surface area contributed by atoms with Crippen molar-refractivity contribution in [3.8, 4) is 18.1 Å². The van der Waals surface area contributed by atoms with E-state index in [1.165, 1.54) is 19.2 Å². The molecule has 108 valence electrons. The maximum atomic E-state index is 12.2. The number of ether oxygens (including phenoxy) is 1. The highest BCUT2D eigenvalue weighted by molar-refractivity contribution is 7.89. The lowest BCUT2D eigenvalue weighted by Gasteiger charge is -2.14. The van der Waals surface area contributed by atoms with Crippen LogP contribution in [0.15, 0.2) is 23.1 Å². The van der Waals surface area contributed by atoms with Crippen LogP contribution in [0.5, 0.6) is 5.75 Å². The van der Waals surface area contributed by atoms with E-state index in [9.17, 15) is 13.2 Å². The number of hydrogen-bond donors (Lipinski definition) is 2. The van der Waals surface area contributed by atoms with Gasteiger partial charge in [-0.1, -0.05) is 0 Å². The number of carbonyl (C=O) groups is 1. The van der Waals surface area contributed by atoms with Crippen molar-refractivity contribution in [1.82, 2.24) is 4.72 Å². The molecule has 0 aliphatic carbocycles. The summed E-state index contributed by atoms with van der Waals surface area (Å²) in [7, 11) is -2.61. The topological polar surface area (TPSA) is 92.7 Å². The molecule has 6 nitrogen and oxygen atoms in total. The molecule has 1 atom stereocenters. The van der Waals surface area contributed by atoms with Gasteiger partial charge in [0, 0.05) is 12.5 Å². The van der Waals surface area contributed by atoms with E-state index in [2.05, 4.69) is 10.6 Å². The second-order valence-electron chi connectivity index (χ2n) is 4.10. The minimum absolute atomic E-state index is 0.0652. The number of hydrogen-bond acceptors (Lipinski definition) is 4. The SMILES string of the molecule is C#CCC(C)NS(=O)(=O)c1cc(C(=O)O)ccc1OC. The van der Waals surface area contributed by atoms with Crippen LogP contribution in [0.2, 0.25) is 0 Å². The van der Waals surface area contributed by atoms with Gasteiger partial charge in [0.05, 0.1) is 12.7 Å². The molecule has 0 amide bonds. The highest BCUT2D eigenvalue weighted by atomic mass is 32.2. The first-order chi connectivity index (χ1) is 9.31. The van der Waals surface area contributed by atoms with Crippen molar-refractivity contribution in [3.63, 3.8) is 0 Å². The Balaban J connectivity index is 3.25. The van der Waals surface area contributed by atoms with Crippen LogP contribution in [-0.2, 0) is 10.0 Å². The minimum Gasteiger partial charge on any atom is -0.495 e. The number of terminal acetylenes is 1. The second kappa shape index (κ2) is 6.41. The third-order valence-electron chi connectivity index (χ3n) is 2.48. The highest BCUT2D eigenvalue weighted by Crippen LogP contribution is 2.25. The Kier molecular flexibility index (Phi) is 5.13. The van der Waals surface area contributed by atoms with Crippen molar-refractivity contribution >= 4 is 16.0 Å². The molecule has 1 aromatic rings. The van der Waals surface area contributed by atoms with Gasteiger partial charge in [0.2, 0.25) is 10.0 Å². The standard InChI is InChI=1S/C13H15NO5S/c1-4-5-9(2)14-20(17,18)12-8-10(13(15)16)6-7-11(12)19-3/h1,6-9,14H,5H2,2-3H3,(H,15,16). The smallest absolute Gasteiger partial charge is 0.335 e. The van der Waals surface area contributed by atoms with E-state index in [-0.39, 0.29) is 22.6 Å². The number of carboxylic acids is 1. The van der Waals surface area contributed by atoms with Crippen molar-refractivity contribution in [2.75, 3.05) is 7.11 Å². The van der Waals surface area contributed by atoms with Gasteiger partial charge in [-0.15, -0.1) is 12.3 Å². The molecule has 0 aromatic heterocycles. The lowest BCUT2D eigenvalue weighted by Crippen LogP contribution is -2.32. The molecule has 1 unspecified atom stereocenters. The van der Waals surface area contributed by atoms with Crippen LogP contribution in [0, 0.1) is 12.3 Å². The van der Waals surface area contributed by atoms with E-state index < -0.39 is 22.0 Å². The van der Waals surface area contributed by atoms with E-state index >= 15 is 0 Å². The molecule has 0 spiro atoms. The second-order valence-corrected chi connectivity index (χ2v) is 5.78. The number of aromatic carboxylic acids is 1. The van der Waals surface area contributed by atoms with Crippen LogP contribution in [0.4, 0.5) is 0 Å². The van der Waals surface area contributed by atoms with Gasteiger partial charge in [0.15, 0.2) is 0 Å². The summed E-state index contributed by atoms with van der Waals surface area (Å²) in [5.74, 6) is 1.19. The van der Waals surface area contributed by atoms with Crippen LogP contribution in [0.3, 0.4) is 0 Å². The average molecular weight is 297 g/mol. The van der Waals surface area contributed by atoms with E-state index in [0.29, 0.717) is 0 Å². The molecule has 7 heteroatoms. The fourth-order valence-electron chi connectivity index (χ4n) is 1.57. The van der Waals surface area contributed by atoms with Crippen LogP contribution in [0.25, 0.3) is 0 Å². The van der Waals surface area contributed by atoms with Gasteiger partial charge in [-0.05, 0) is 25.1 Å². The third-order valence-corrected chi connectivity index (χ3v) is 4.09. The number of sulfonamides is 1. The van der Waals surface area contributed by atoms with Crippen LogP contribution in [-0.4, -0.2) is 32.6 Å². The van der Waals surface area contributed by atoms with Crippen molar-refractivity contribution in [2.45, 2.75) is 24.3 Å². The molecule has 0 saturated carbocycles. The maximum Gasteiger partial charge on any atom is 0.335 e. The number of carboxylic acid groups (broad SMARTS) is 1. The number of methoxy groups -OCH3 is 1. The quantitative estimate of drug-likeness (QED) is 0.767. The zero-order chi connectivity index (χ0) is 15.3. The van der Waals surface area contributed by atoms with Crippen LogP contribution < -0.4 is 9.46 Å². The summed E-state index contributed by atoms with van der Waals surface area (Å²) in [5.41, 5.74) is -0.143. The van der Waals surface area contributed by atoms with Crippen LogP contribution >= 0.6 is 0 Å². The summed E-state index contributed by atoms with van der Waals surface area (Å²) in [4.78, 5) is 10.7. The van der Waals surface area contributed by atoms with E-state index in [1.54, 1.807) is 6.92 Å². The molecule has 0 saturated heterocycles. The molecule has 0 heterocycles. The average Bonchev–Trinajstić information content (AvgIpc) is 2.37. The number of benzene rings is 1. The van der Waals surface area contributed by atoms with Crippen molar-refractivity contribution in [3.05, 3.63) is 23.8 Å². The Labute approximate surface area is 117 Å². The minimum atomic E-state index is -3.91. The first-order valence-electron chi connectivity index (χ1n) is 5.69. The Morgan fingerprint density at radius 1 is 1.55 bits per heavy atom. The molecule has 0 aliphatic rings. The lowest BCUT2D eigenvalue weighted by atomic mass is 10.2. The zero-order valence-electron chi connectivity index (χ0n) is 11.1. The van der Waals surface area contributed by atoms with Crippen molar-refractivity contribution < 1.29 is 23.1 Å². The Morgan fingerprint density at radius 2 is 2.20 bits per heavy atom. The first-order valence-corrected chi connectivity index (χ1v) is 7.17. The summed E-state index contributed by atoms with van der Waals surface area (Å²) >= 11 is 0. The predicted octanol–water partition coefficient (Wildman–Crippen LogP) is 1.08. The first kappa shape index (κ1) is 16.0. The summed E-state index contributed by atoms with van der Waals surface area (Å²) in [6.07, 6.45) is 5.34. The molecule has 1 aromatic carbocycles. The molecular formula is C13H15NO5S. The number of nitrogens with one attached hydrogen (secondary N) is 1. The fraction of sp³-hybridized carbons (Fsp3) is 0.308. The third kappa shape index (κ3) is 3.73. The molecule has 2 N–H and O–H groups in total. The Morgan fingerprint density at radius 3 is 2.70 bits per heavy atom. The van der Waals surface area contributed by atoms with Crippen molar-refractivity contribution in [1.29, 1.82) is 0 Å². The Bertz CT molecular complexity index is 645. The maximum absolute atomic E-state index is 12.2. The summed E-state index contributed by atoms with van der Waals surface area (Å²) in [6, 6.07) is 3.14. The normalized spacial score (nSPS) is 12.4. The molecule has 0 radical (unpaired) electrons. The number of rotatable bonds is 6. The molecule has 20 heavy (non-hydrogen) atoms. The summed E-state index contributed by atoms with van der Waals surface area (Å²) < 4.78 is 31.8. The lowest BCUT2D eigenvalue weighted by molar-refractivity contribution is 0.0696. The molecule has 0 bridgehead atoms. The molecule has 0 aliphatic heterocycles. The van der Waals surface area contributed by atoms with Gasteiger partial charge in [0.25, 0.3) is 0 Å².